The van der Waals surface area contributed by atoms with E-state index in [1.165, 1.54) is 12.1 Å². The molecule has 10 heteroatoms. The summed E-state index contributed by atoms with van der Waals surface area (Å²) in [5.41, 5.74) is -0.158. The number of nitrogens with zero attached hydrogens (tertiary/aromatic N) is 4. The predicted molar refractivity (Wildman–Crippen MR) is 118 cm³/mol. The van der Waals surface area contributed by atoms with Crippen molar-refractivity contribution >= 4 is 17.6 Å². The van der Waals surface area contributed by atoms with Crippen molar-refractivity contribution in [2.45, 2.75) is 37.5 Å². The van der Waals surface area contributed by atoms with Crippen LogP contribution in [0.2, 0.25) is 0 Å². The van der Waals surface area contributed by atoms with Gasteiger partial charge in [-0.15, -0.1) is 0 Å². The number of anilines is 3. The quantitative estimate of drug-likeness (QED) is 0.377. The van der Waals surface area contributed by atoms with Crippen LogP contribution in [0.5, 0.6) is 0 Å². The van der Waals surface area contributed by atoms with Crippen LogP contribution in [-0.2, 0) is 0 Å². The minimum atomic E-state index is -1.29. The molecule has 168 valence electrons. The Morgan fingerprint density at radius 2 is 1.84 bits per heavy atom. The second-order valence-electron chi connectivity index (χ2n) is 7.89. The molecule has 2 atom stereocenters. The van der Waals surface area contributed by atoms with Gasteiger partial charge in [-0.05, 0) is 50.6 Å². The highest BCUT2D eigenvalue weighted by Crippen LogP contribution is 2.34. The van der Waals surface area contributed by atoms with Crippen LogP contribution in [0.1, 0.15) is 43.2 Å². The summed E-state index contributed by atoms with van der Waals surface area (Å²) in [5, 5.41) is 31.4. The van der Waals surface area contributed by atoms with Crippen molar-refractivity contribution < 1.29 is 14.6 Å². The molecule has 0 aliphatic carbocycles. The van der Waals surface area contributed by atoms with Gasteiger partial charge in [0.1, 0.15) is 23.6 Å². The fourth-order valence-electron chi connectivity index (χ4n) is 3.67. The summed E-state index contributed by atoms with van der Waals surface area (Å²) in [6.07, 6.45) is 4.26. The van der Waals surface area contributed by atoms with Crippen molar-refractivity contribution in [1.29, 1.82) is 0 Å². The Labute approximate surface area is 185 Å². The summed E-state index contributed by atoms with van der Waals surface area (Å²) < 4.78 is 13.3. The van der Waals surface area contributed by atoms with E-state index in [4.69, 9.17) is 0 Å². The zero-order chi connectivity index (χ0) is 22.6. The summed E-state index contributed by atoms with van der Waals surface area (Å²) in [4.78, 5) is 17.2. The van der Waals surface area contributed by atoms with Crippen LogP contribution in [0.25, 0.3) is 0 Å². The Bertz CT molecular complexity index is 1030. The lowest BCUT2D eigenvalue weighted by molar-refractivity contribution is -0.0965. The van der Waals surface area contributed by atoms with E-state index in [-0.39, 0.29) is 23.5 Å². The lowest BCUT2D eigenvalue weighted by Gasteiger charge is -2.36. The molecule has 0 spiro atoms. The first-order valence-electron chi connectivity index (χ1n) is 10.5. The third kappa shape index (κ3) is 5.16. The number of aliphatic hydroxyl groups excluding tert-OH is 1. The van der Waals surface area contributed by atoms with Crippen LogP contribution in [0.3, 0.4) is 0 Å². The Morgan fingerprint density at radius 3 is 2.53 bits per heavy atom. The molecule has 0 radical (unpaired) electrons. The minimum absolute atomic E-state index is 0.227. The second-order valence-corrected chi connectivity index (χ2v) is 7.89. The normalized spacial score (nSPS) is 17.4. The molecule has 1 saturated heterocycles. The first-order valence-corrected chi connectivity index (χ1v) is 10.5. The zero-order valence-electron chi connectivity index (χ0n) is 17.7. The molecule has 0 unspecified atom stereocenters. The van der Waals surface area contributed by atoms with Gasteiger partial charge in [0.15, 0.2) is 0 Å². The first kappa shape index (κ1) is 22.0. The van der Waals surface area contributed by atoms with Crippen molar-refractivity contribution in [2.24, 2.45) is 0 Å². The maximum atomic E-state index is 13.3. The van der Waals surface area contributed by atoms with E-state index in [9.17, 15) is 14.6 Å². The Morgan fingerprint density at radius 1 is 1.09 bits per heavy atom. The van der Waals surface area contributed by atoms with Crippen molar-refractivity contribution in [2.75, 3.05) is 23.7 Å². The number of hydrogen-bond donors (Lipinski definition) is 5. The second kappa shape index (κ2) is 9.51. The third-order valence-corrected chi connectivity index (χ3v) is 5.54. The molecule has 3 heterocycles. The van der Waals surface area contributed by atoms with E-state index in [1.54, 1.807) is 36.8 Å². The molecule has 4 rings (SSSR count). The van der Waals surface area contributed by atoms with Crippen LogP contribution in [0.15, 0.2) is 48.9 Å². The molecule has 5 N–H and O–H groups in total. The van der Waals surface area contributed by atoms with E-state index in [2.05, 4.69) is 35.9 Å². The van der Waals surface area contributed by atoms with Gasteiger partial charge in [0.05, 0.1) is 23.5 Å². The first-order chi connectivity index (χ1) is 15.4. The number of benzene rings is 1. The van der Waals surface area contributed by atoms with Gasteiger partial charge in [-0.1, -0.05) is 12.1 Å². The van der Waals surface area contributed by atoms with Gasteiger partial charge >= 0.3 is 0 Å². The Hall–Kier alpha value is -3.21. The topological polar surface area (TPSA) is 128 Å². The molecule has 32 heavy (non-hydrogen) atoms. The smallest absolute Gasteiger partial charge is 0.225 e. The summed E-state index contributed by atoms with van der Waals surface area (Å²) in [5.74, 6) is 0.806. The van der Waals surface area contributed by atoms with E-state index in [0.717, 1.165) is 5.56 Å². The lowest BCUT2D eigenvalue weighted by Crippen LogP contribution is -2.46. The van der Waals surface area contributed by atoms with Gasteiger partial charge in [0.2, 0.25) is 5.95 Å². The Kier molecular flexibility index (Phi) is 6.54. The van der Waals surface area contributed by atoms with Crippen molar-refractivity contribution in [1.82, 2.24) is 25.3 Å². The van der Waals surface area contributed by atoms with Gasteiger partial charge in [-0.2, -0.15) is 4.98 Å². The molecule has 1 aromatic carbocycles. The van der Waals surface area contributed by atoms with Gasteiger partial charge in [0.25, 0.3) is 0 Å². The molecule has 0 saturated carbocycles. The fraction of sp³-hybridized carbons (Fsp3) is 0.364. The van der Waals surface area contributed by atoms with Crippen molar-refractivity contribution in [3.8, 4) is 0 Å². The maximum absolute atomic E-state index is 13.3. The number of piperidine rings is 1. The monoisotopic (exact) mass is 439 g/mol. The molecule has 0 bridgehead atoms. The predicted octanol–water partition coefficient (Wildman–Crippen LogP) is 2.47. The minimum Gasteiger partial charge on any atom is -0.387 e. The lowest BCUT2D eigenvalue weighted by atomic mass is 9.85. The summed E-state index contributed by atoms with van der Waals surface area (Å²) >= 11 is 0. The Balaban J connectivity index is 1.64. The fourth-order valence-corrected chi connectivity index (χ4v) is 3.67. The molecule has 2 aromatic heterocycles. The number of aliphatic hydroxyl groups is 2. The molecular weight excluding hydrogens is 413 g/mol. The van der Waals surface area contributed by atoms with Crippen molar-refractivity contribution in [3.63, 3.8) is 0 Å². The van der Waals surface area contributed by atoms with Gasteiger partial charge < -0.3 is 26.2 Å². The number of aromatic nitrogens is 4. The molecule has 1 aliphatic rings. The maximum Gasteiger partial charge on any atom is 0.225 e. The molecular formula is C22H26FN7O2. The molecule has 9 nitrogen and oxygen atoms in total. The SMILES string of the molecule is C[C@H](Nc1nc(Nc2cnccn2)cc([C@H](O)C2(O)CCNCC2)n1)c1ccc(F)cc1. The van der Waals surface area contributed by atoms with Gasteiger partial charge in [-0.25, -0.2) is 14.4 Å². The van der Waals surface area contributed by atoms with Crippen LogP contribution in [-0.4, -0.2) is 48.8 Å². The van der Waals surface area contributed by atoms with E-state index in [0.29, 0.717) is 37.6 Å². The molecule has 1 fully saturated rings. The standard InChI is InChI=1S/C22H26FN7O2/c1-14(15-2-4-16(23)5-3-15)27-21-28-17(20(31)22(32)6-8-24-9-7-22)12-18(30-21)29-19-13-25-10-11-26-19/h2-5,10-14,20,24,31-32H,6-9H2,1H3,(H2,26,27,28,29,30)/t14-,20-/m0/s1. The third-order valence-electron chi connectivity index (χ3n) is 5.54. The van der Waals surface area contributed by atoms with Crippen LogP contribution in [0, 0.1) is 5.82 Å². The van der Waals surface area contributed by atoms with Crippen LogP contribution >= 0.6 is 0 Å². The highest BCUT2D eigenvalue weighted by molar-refractivity contribution is 5.53. The summed E-state index contributed by atoms with van der Waals surface area (Å²) in [6, 6.07) is 7.51. The van der Waals surface area contributed by atoms with E-state index in [1.807, 2.05) is 6.92 Å². The van der Waals surface area contributed by atoms with Crippen molar-refractivity contribution in [3.05, 3.63) is 66.0 Å². The largest absolute Gasteiger partial charge is 0.387 e. The summed E-state index contributed by atoms with van der Waals surface area (Å²) in [6.45, 7) is 3.11. The van der Waals surface area contributed by atoms with Gasteiger partial charge in [-0.3, -0.25) is 4.98 Å². The number of nitrogens with one attached hydrogen (secondary N) is 3. The number of rotatable bonds is 7. The van der Waals surface area contributed by atoms with E-state index < -0.39 is 11.7 Å². The molecule has 1 aliphatic heterocycles. The summed E-state index contributed by atoms with van der Waals surface area (Å²) in [7, 11) is 0. The number of halogens is 1. The van der Waals surface area contributed by atoms with Crippen LogP contribution in [0.4, 0.5) is 22.0 Å². The average Bonchev–Trinajstić information content (AvgIpc) is 2.80. The highest BCUT2D eigenvalue weighted by Gasteiger charge is 2.39. The van der Waals surface area contributed by atoms with E-state index >= 15 is 0 Å². The van der Waals surface area contributed by atoms with Crippen LogP contribution < -0.4 is 16.0 Å². The number of hydrogen-bond acceptors (Lipinski definition) is 9. The molecule has 0 amide bonds. The van der Waals surface area contributed by atoms with Gasteiger partial charge in [0, 0.05) is 18.5 Å². The zero-order valence-corrected chi connectivity index (χ0v) is 17.7. The molecule has 3 aromatic rings. The average molecular weight is 439 g/mol. The highest BCUT2D eigenvalue weighted by atomic mass is 19.1.